The lowest BCUT2D eigenvalue weighted by Crippen LogP contribution is -2.36. The summed E-state index contributed by atoms with van der Waals surface area (Å²) in [5.41, 5.74) is 1.32. The van der Waals surface area contributed by atoms with Crippen LogP contribution in [0.25, 0.3) is 0 Å². The molecule has 1 amide bonds. The van der Waals surface area contributed by atoms with Crippen molar-refractivity contribution in [1.29, 1.82) is 0 Å². The minimum atomic E-state index is -0.251. The lowest BCUT2D eigenvalue weighted by atomic mass is 10.1. The maximum atomic E-state index is 13.2. The van der Waals surface area contributed by atoms with E-state index < -0.39 is 0 Å². The molecule has 1 aromatic carbocycles. The van der Waals surface area contributed by atoms with E-state index in [1.165, 1.54) is 12.1 Å². The molecule has 0 radical (unpaired) electrons. The number of benzene rings is 1. The number of carbonyl (C=O) groups excluding carboxylic acids is 1. The second-order valence-corrected chi connectivity index (χ2v) is 6.45. The molecule has 0 saturated carbocycles. The van der Waals surface area contributed by atoms with Crippen LogP contribution in [-0.2, 0) is 6.42 Å². The topological polar surface area (TPSA) is 58.4 Å². The Morgan fingerprint density at radius 2 is 2.04 bits per heavy atom. The third kappa shape index (κ3) is 4.45. The fourth-order valence-corrected chi connectivity index (χ4v) is 3.26. The van der Waals surface area contributed by atoms with Crippen LogP contribution in [0.15, 0.2) is 34.9 Å². The number of hydrogen-bond acceptors (Lipinski definition) is 4. The Morgan fingerprint density at radius 1 is 1.32 bits per heavy atom. The van der Waals surface area contributed by atoms with Gasteiger partial charge in [-0.2, -0.15) is 0 Å². The van der Waals surface area contributed by atoms with Crippen LogP contribution in [0, 0.1) is 5.82 Å². The van der Waals surface area contributed by atoms with Crippen LogP contribution in [0.5, 0.6) is 0 Å². The zero-order chi connectivity index (χ0) is 17.6. The molecule has 1 saturated heterocycles. The van der Waals surface area contributed by atoms with E-state index in [1.807, 2.05) is 6.92 Å². The van der Waals surface area contributed by atoms with Crippen molar-refractivity contribution >= 4 is 5.91 Å². The van der Waals surface area contributed by atoms with Crippen molar-refractivity contribution in [2.75, 3.05) is 19.6 Å². The first-order chi connectivity index (χ1) is 12.2. The molecule has 1 aliphatic heterocycles. The number of nitrogens with zero attached hydrogens (tertiary/aromatic N) is 2. The number of halogens is 1. The third-order valence-electron chi connectivity index (χ3n) is 4.58. The predicted molar refractivity (Wildman–Crippen MR) is 92.8 cm³/mol. The van der Waals surface area contributed by atoms with E-state index in [4.69, 9.17) is 4.52 Å². The first-order valence-corrected chi connectivity index (χ1v) is 8.90. The molecule has 0 unspecified atom stereocenters. The zero-order valence-corrected chi connectivity index (χ0v) is 14.5. The van der Waals surface area contributed by atoms with Gasteiger partial charge in [0.2, 0.25) is 0 Å². The molecule has 1 N–H and O–H groups in total. The van der Waals surface area contributed by atoms with Crippen LogP contribution in [0.2, 0.25) is 0 Å². The van der Waals surface area contributed by atoms with Crippen LogP contribution in [0.4, 0.5) is 4.39 Å². The SMILES string of the molecule is CCCc1cc(C(=O)NC[C@H](c2ccc(F)cc2)N2CCCC2)no1. The Kier molecular flexibility index (Phi) is 5.81. The van der Waals surface area contributed by atoms with E-state index in [0.717, 1.165) is 50.1 Å². The Balaban J connectivity index is 1.67. The van der Waals surface area contributed by atoms with E-state index in [-0.39, 0.29) is 17.8 Å². The number of rotatable bonds is 7. The van der Waals surface area contributed by atoms with Gasteiger partial charge in [-0.05, 0) is 50.0 Å². The first kappa shape index (κ1) is 17.6. The van der Waals surface area contributed by atoms with Crippen LogP contribution < -0.4 is 5.32 Å². The number of nitrogens with one attached hydrogen (secondary N) is 1. The van der Waals surface area contributed by atoms with Crippen molar-refractivity contribution in [3.8, 4) is 0 Å². The molecule has 2 aromatic rings. The van der Waals surface area contributed by atoms with Crippen LogP contribution in [0.3, 0.4) is 0 Å². The van der Waals surface area contributed by atoms with Crippen molar-refractivity contribution in [1.82, 2.24) is 15.4 Å². The molecule has 3 rings (SSSR count). The van der Waals surface area contributed by atoms with Crippen molar-refractivity contribution in [3.05, 3.63) is 53.2 Å². The Hall–Kier alpha value is -2.21. The molecular weight excluding hydrogens is 321 g/mol. The van der Waals surface area contributed by atoms with E-state index in [0.29, 0.717) is 12.2 Å². The van der Waals surface area contributed by atoms with Gasteiger partial charge in [-0.1, -0.05) is 24.2 Å². The second kappa shape index (κ2) is 8.25. The second-order valence-electron chi connectivity index (χ2n) is 6.45. The van der Waals surface area contributed by atoms with Gasteiger partial charge in [-0.15, -0.1) is 0 Å². The molecule has 25 heavy (non-hydrogen) atoms. The van der Waals surface area contributed by atoms with Gasteiger partial charge >= 0.3 is 0 Å². The average Bonchev–Trinajstić information content (AvgIpc) is 3.29. The summed E-state index contributed by atoms with van der Waals surface area (Å²) in [4.78, 5) is 14.7. The number of aromatic nitrogens is 1. The molecule has 5 nitrogen and oxygen atoms in total. The minimum Gasteiger partial charge on any atom is -0.361 e. The Bertz CT molecular complexity index is 693. The summed E-state index contributed by atoms with van der Waals surface area (Å²) in [6.45, 7) is 4.48. The fourth-order valence-electron chi connectivity index (χ4n) is 3.26. The molecule has 0 aliphatic carbocycles. The van der Waals surface area contributed by atoms with Crippen molar-refractivity contribution < 1.29 is 13.7 Å². The van der Waals surface area contributed by atoms with Crippen molar-refractivity contribution in [3.63, 3.8) is 0 Å². The Morgan fingerprint density at radius 3 is 2.72 bits per heavy atom. The van der Waals surface area contributed by atoms with Gasteiger partial charge in [0.05, 0.1) is 6.04 Å². The van der Waals surface area contributed by atoms with Gasteiger partial charge in [-0.25, -0.2) is 4.39 Å². The maximum absolute atomic E-state index is 13.2. The zero-order valence-electron chi connectivity index (χ0n) is 14.5. The number of hydrogen-bond donors (Lipinski definition) is 1. The van der Waals surface area contributed by atoms with E-state index in [1.54, 1.807) is 18.2 Å². The number of amides is 1. The normalized spacial score (nSPS) is 16.1. The van der Waals surface area contributed by atoms with Crippen molar-refractivity contribution in [2.45, 2.75) is 38.6 Å². The summed E-state index contributed by atoms with van der Waals surface area (Å²) in [5.74, 6) is 0.235. The van der Waals surface area contributed by atoms with Gasteiger partial charge in [-0.3, -0.25) is 9.69 Å². The fraction of sp³-hybridized carbons (Fsp3) is 0.474. The number of carbonyl (C=O) groups is 1. The highest BCUT2D eigenvalue weighted by molar-refractivity contribution is 5.92. The number of likely N-dealkylation sites (tertiary alicyclic amines) is 1. The first-order valence-electron chi connectivity index (χ1n) is 8.90. The van der Waals surface area contributed by atoms with Gasteiger partial charge in [0, 0.05) is 19.0 Å². The summed E-state index contributed by atoms with van der Waals surface area (Å²) in [5, 5.41) is 6.79. The third-order valence-corrected chi connectivity index (χ3v) is 4.58. The summed E-state index contributed by atoms with van der Waals surface area (Å²) in [6, 6.07) is 8.25. The lowest BCUT2D eigenvalue weighted by Gasteiger charge is -2.28. The Labute approximate surface area is 147 Å². The summed E-state index contributed by atoms with van der Waals surface area (Å²) >= 11 is 0. The van der Waals surface area contributed by atoms with Crippen molar-refractivity contribution in [2.24, 2.45) is 0 Å². The summed E-state index contributed by atoms with van der Waals surface area (Å²) < 4.78 is 18.4. The molecule has 1 atom stereocenters. The quantitative estimate of drug-likeness (QED) is 0.836. The average molecular weight is 345 g/mol. The largest absolute Gasteiger partial charge is 0.361 e. The molecule has 1 fully saturated rings. The monoisotopic (exact) mass is 345 g/mol. The minimum absolute atomic E-state index is 0.0362. The predicted octanol–water partition coefficient (Wildman–Crippen LogP) is 3.33. The highest BCUT2D eigenvalue weighted by Crippen LogP contribution is 2.25. The summed E-state index contributed by atoms with van der Waals surface area (Å²) in [7, 11) is 0. The highest BCUT2D eigenvalue weighted by Gasteiger charge is 2.24. The maximum Gasteiger partial charge on any atom is 0.273 e. The van der Waals surface area contributed by atoms with E-state index >= 15 is 0 Å². The standard InChI is InChI=1S/C19H24FN3O2/c1-2-5-16-12-17(22-25-16)19(24)21-13-18(23-10-3-4-11-23)14-6-8-15(20)9-7-14/h6-9,12,18H,2-5,10-11,13H2,1H3,(H,21,24)/t18-/m1/s1. The van der Waals surface area contributed by atoms with Gasteiger partial charge < -0.3 is 9.84 Å². The van der Waals surface area contributed by atoms with Crippen LogP contribution in [0.1, 0.15) is 54.0 Å². The molecule has 2 heterocycles. The smallest absolute Gasteiger partial charge is 0.273 e. The summed E-state index contributed by atoms with van der Waals surface area (Å²) in [6.07, 6.45) is 4.01. The molecule has 0 bridgehead atoms. The number of aryl methyl sites for hydroxylation is 1. The molecular formula is C19H24FN3O2. The van der Waals surface area contributed by atoms with E-state index in [9.17, 15) is 9.18 Å². The van der Waals surface area contributed by atoms with Crippen LogP contribution in [-0.4, -0.2) is 35.6 Å². The van der Waals surface area contributed by atoms with Gasteiger partial charge in [0.25, 0.3) is 5.91 Å². The molecule has 134 valence electrons. The molecule has 1 aromatic heterocycles. The molecule has 0 spiro atoms. The van der Waals surface area contributed by atoms with E-state index in [2.05, 4.69) is 15.4 Å². The van der Waals surface area contributed by atoms with Gasteiger partial charge in [0.15, 0.2) is 5.69 Å². The molecule has 6 heteroatoms. The van der Waals surface area contributed by atoms with Crippen LogP contribution >= 0.6 is 0 Å². The lowest BCUT2D eigenvalue weighted by molar-refractivity contribution is 0.0928. The van der Waals surface area contributed by atoms with Gasteiger partial charge in [0.1, 0.15) is 11.6 Å². The molecule has 1 aliphatic rings. The highest BCUT2D eigenvalue weighted by atomic mass is 19.1.